The van der Waals surface area contributed by atoms with Crippen molar-refractivity contribution < 1.29 is 18.7 Å². The average molecular weight is 345 g/mol. The molecule has 1 aliphatic carbocycles. The zero-order valence-corrected chi connectivity index (χ0v) is 12.2. The van der Waals surface area contributed by atoms with Crippen LogP contribution in [0.1, 0.15) is 23.2 Å². The van der Waals surface area contributed by atoms with Crippen LogP contribution in [0.15, 0.2) is 16.6 Å². The van der Waals surface area contributed by atoms with Gasteiger partial charge in [-0.1, -0.05) is 0 Å². The summed E-state index contributed by atoms with van der Waals surface area (Å²) < 4.78 is 18.2. The van der Waals surface area contributed by atoms with Gasteiger partial charge in [0.1, 0.15) is 5.82 Å². The summed E-state index contributed by atoms with van der Waals surface area (Å²) in [6, 6.07) is 2.25. The van der Waals surface area contributed by atoms with Gasteiger partial charge in [-0.15, -0.1) is 0 Å². The maximum atomic E-state index is 13.1. The molecule has 7 heteroatoms. The van der Waals surface area contributed by atoms with Gasteiger partial charge in [-0.25, -0.2) is 9.18 Å². The van der Waals surface area contributed by atoms with Crippen molar-refractivity contribution in [2.24, 2.45) is 5.92 Å². The van der Waals surface area contributed by atoms with Gasteiger partial charge in [-0.3, -0.25) is 4.79 Å². The van der Waals surface area contributed by atoms with Crippen molar-refractivity contribution in [1.82, 2.24) is 5.32 Å². The molecule has 1 amide bonds. The minimum atomic E-state index is -0.731. The van der Waals surface area contributed by atoms with Gasteiger partial charge in [0.25, 0.3) is 5.91 Å². The van der Waals surface area contributed by atoms with Gasteiger partial charge in [-0.2, -0.15) is 0 Å². The van der Waals surface area contributed by atoms with E-state index in [1.807, 2.05) is 0 Å². The van der Waals surface area contributed by atoms with Crippen molar-refractivity contribution in [3.63, 3.8) is 0 Å². The summed E-state index contributed by atoms with van der Waals surface area (Å²) in [5.74, 6) is -1.15. The topological polar surface area (TPSA) is 81.4 Å². The highest BCUT2D eigenvalue weighted by Gasteiger charge is 2.22. The zero-order chi connectivity index (χ0) is 14.7. The smallest absolute Gasteiger partial charge is 0.339 e. The largest absolute Gasteiger partial charge is 0.452 e. The van der Waals surface area contributed by atoms with Gasteiger partial charge < -0.3 is 15.8 Å². The Hall–Kier alpha value is -1.63. The maximum absolute atomic E-state index is 13.1. The molecule has 1 aromatic rings. The molecule has 0 aromatic heterocycles. The second kappa shape index (κ2) is 6.21. The molecular weight excluding hydrogens is 331 g/mol. The molecule has 5 nitrogen and oxygen atoms in total. The molecule has 0 radical (unpaired) electrons. The minimum Gasteiger partial charge on any atom is -0.452 e. The number of hydrogen-bond donors (Lipinski definition) is 2. The van der Waals surface area contributed by atoms with Gasteiger partial charge in [0.05, 0.1) is 11.3 Å². The third-order valence-electron chi connectivity index (χ3n) is 2.93. The molecule has 1 fully saturated rings. The molecule has 0 spiro atoms. The van der Waals surface area contributed by atoms with Gasteiger partial charge in [-0.05, 0) is 46.8 Å². The molecular formula is C13H14BrFN2O3. The van der Waals surface area contributed by atoms with Gasteiger partial charge >= 0.3 is 5.97 Å². The first kappa shape index (κ1) is 14.8. The number of nitrogen functional groups attached to an aromatic ring is 1. The zero-order valence-electron chi connectivity index (χ0n) is 10.6. The molecule has 1 aromatic carbocycles. The van der Waals surface area contributed by atoms with Crippen LogP contribution in [0, 0.1) is 11.7 Å². The van der Waals surface area contributed by atoms with Crippen LogP contribution in [0.5, 0.6) is 0 Å². The van der Waals surface area contributed by atoms with E-state index in [1.54, 1.807) is 0 Å². The molecule has 1 saturated carbocycles. The summed E-state index contributed by atoms with van der Waals surface area (Å²) in [6.07, 6.45) is 2.25. The maximum Gasteiger partial charge on any atom is 0.339 e. The average Bonchev–Trinajstić information content (AvgIpc) is 3.22. The minimum absolute atomic E-state index is 0.0823. The van der Waals surface area contributed by atoms with E-state index in [1.165, 1.54) is 6.07 Å². The fourth-order valence-electron chi connectivity index (χ4n) is 1.56. The predicted octanol–water partition coefficient (Wildman–Crippen LogP) is 1.85. The van der Waals surface area contributed by atoms with E-state index in [2.05, 4.69) is 21.2 Å². The SMILES string of the molecule is Nc1cc(C(=O)OCC(=O)NCC2CC2)c(Br)cc1F. The van der Waals surface area contributed by atoms with Crippen molar-refractivity contribution in [3.8, 4) is 0 Å². The Labute approximate surface area is 123 Å². The highest BCUT2D eigenvalue weighted by atomic mass is 79.9. The van der Waals surface area contributed by atoms with Crippen LogP contribution in [0.2, 0.25) is 0 Å². The van der Waals surface area contributed by atoms with E-state index in [0.717, 1.165) is 18.9 Å². The van der Waals surface area contributed by atoms with Crippen LogP contribution in [0.3, 0.4) is 0 Å². The Morgan fingerprint density at radius 2 is 2.15 bits per heavy atom. The summed E-state index contributed by atoms with van der Waals surface area (Å²) >= 11 is 3.05. The van der Waals surface area contributed by atoms with E-state index in [-0.39, 0.29) is 28.2 Å². The number of amides is 1. The lowest BCUT2D eigenvalue weighted by molar-refractivity contribution is -0.124. The van der Waals surface area contributed by atoms with Crippen molar-refractivity contribution in [2.75, 3.05) is 18.9 Å². The molecule has 0 bridgehead atoms. The molecule has 3 N–H and O–H groups in total. The Morgan fingerprint density at radius 1 is 1.45 bits per heavy atom. The summed E-state index contributed by atoms with van der Waals surface area (Å²) in [5.41, 5.74) is 5.32. The van der Waals surface area contributed by atoms with E-state index < -0.39 is 11.8 Å². The Morgan fingerprint density at radius 3 is 2.80 bits per heavy atom. The second-order valence-electron chi connectivity index (χ2n) is 4.68. The van der Waals surface area contributed by atoms with Crippen molar-refractivity contribution in [3.05, 3.63) is 28.0 Å². The second-order valence-corrected chi connectivity index (χ2v) is 5.53. The van der Waals surface area contributed by atoms with Crippen LogP contribution < -0.4 is 11.1 Å². The molecule has 1 aliphatic rings. The number of benzene rings is 1. The molecule has 0 aliphatic heterocycles. The number of carbonyl (C=O) groups excluding carboxylic acids is 2. The Kier molecular flexibility index (Phi) is 4.59. The first-order valence-corrected chi connectivity index (χ1v) is 6.95. The van der Waals surface area contributed by atoms with Gasteiger partial charge in [0, 0.05) is 11.0 Å². The van der Waals surface area contributed by atoms with Crippen LogP contribution >= 0.6 is 15.9 Å². The molecule has 0 heterocycles. The number of esters is 1. The van der Waals surface area contributed by atoms with Crippen molar-refractivity contribution in [1.29, 1.82) is 0 Å². The van der Waals surface area contributed by atoms with E-state index in [0.29, 0.717) is 12.5 Å². The number of nitrogens with two attached hydrogens (primary N) is 1. The predicted molar refractivity (Wildman–Crippen MR) is 74.5 cm³/mol. The number of halogens is 2. The molecule has 108 valence electrons. The highest BCUT2D eigenvalue weighted by Crippen LogP contribution is 2.27. The van der Waals surface area contributed by atoms with Crippen LogP contribution in [-0.4, -0.2) is 25.0 Å². The van der Waals surface area contributed by atoms with E-state index in [4.69, 9.17) is 10.5 Å². The fourth-order valence-corrected chi connectivity index (χ4v) is 2.04. The fraction of sp³-hybridized carbons (Fsp3) is 0.385. The Balaban J connectivity index is 1.87. The third kappa shape index (κ3) is 3.93. The number of nitrogens with one attached hydrogen (secondary N) is 1. The summed E-state index contributed by atoms with van der Waals surface area (Å²) in [7, 11) is 0. The number of anilines is 1. The molecule has 2 rings (SSSR count). The van der Waals surface area contributed by atoms with Crippen molar-refractivity contribution in [2.45, 2.75) is 12.8 Å². The lowest BCUT2D eigenvalue weighted by Crippen LogP contribution is -2.30. The lowest BCUT2D eigenvalue weighted by atomic mass is 10.2. The van der Waals surface area contributed by atoms with Crippen molar-refractivity contribution >= 4 is 33.5 Å². The number of ether oxygens (including phenoxy) is 1. The lowest BCUT2D eigenvalue weighted by Gasteiger charge is -2.08. The van der Waals surface area contributed by atoms with E-state index in [9.17, 15) is 14.0 Å². The first-order valence-electron chi connectivity index (χ1n) is 6.15. The van der Waals surface area contributed by atoms with Crippen LogP contribution in [-0.2, 0) is 9.53 Å². The summed E-state index contributed by atoms with van der Waals surface area (Å²) in [4.78, 5) is 23.2. The molecule has 20 heavy (non-hydrogen) atoms. The van der Waals surface area contributed by atoms with E-state index >= 15 is 0 Å². The highest BCUT2D eigenvalue weighted by molar-refractivity contribution is 9.10. The molecule has 0 unspecified atom stereocenters. The Bertz CT molecular complexity index is 547. The van der Waals surface area contributed by atoms with Gasteiger partial charge in [0.2, 0.25) is 0 Å². The van der Waals surface area contributed by atoms with Crippen LogP contribution in [0.4, 0.5) is 10.1 Å². The van der Waals surface area contributed by atoms with Crippen LogP contribution in [0.25, 0.3) is 0 Å². The standard InChI is InChI=1S/C13H14BrFN2O3/c14-9-4-10(15)11(16)3-8(9)13(19)20-6-12(18)17-5-7-1-2-7/h3-4,7H,1-2,5-6,16H2,(H,17,18). The summed E-state index contributed by atoms with van der Waals surface area (Å²) in [5, 5.41) is 2.67. The first-order chi connectivity index (χ1) is 9.47. The summed E-state index contributed by atoms with van der Waals surface area (Å²) in [6.45, 7) is 0.249. The normalized spacial score (nSPS) is 13.9. The number of carbonyl (C=O) groups is 2. The third-order valence-corrected chi connectivity index (χ3v) is 3.58. The number of rotatable bonds is 5. The molecule has 0 atom stereocenters. The quantitative estimate of drug-likeness (QED) is 0.630. The number of hydrogen-bond acceptors (Lipinski definition) is 4. The van der Waals surface area contributed by atoms with Gasteiger partial charge in [0.15, 0.2) is 6.61 Å². The molecule has 0 saturated heterocycles. The monoisotopic (exact) mass is 344 g/mol.